The van der Waals surface area contributed by atoms with Crippen molar-refractivity contribution in [2.24, 2.45) is 0 Å². The Morgan fingerprint density at radius 3 is 1.38 bits per heavy atom. The Balaban J connectivity index is 1.95. The van der Waals surface area contributed by atoms with Crippen LogP contribution in [-0.2, 0) is 25.5 Å². The summed E-state index contributed by atoms with van der Waals surface area (Å²) in [6, 6.07) is 31.8. The van der Waals surface area contributed by atoms with E-state index < -0.39 is 16.2 Å². The van der Waals surface area contributed by atoms with Crippen LogP contribution in [0.2, 0.25) is 10.3 Å². The van der Waals surface area contributed by atoms with Crippen molar-refractivity contribution in [2.45, 2.75) is 19.6 Å². The summed E-state index contributed by atoms with van der Waals surface area (Å²) in [4.78, 5) is 0. The first kappa shape index (κ1) is 17.0. The molecule has 2 heteroatoms. The summed E-state index contributed by atoms with van der Waals surface area (Å²) < 4.78 is 8.91. The van der Waals surface area contributed by atoms with Crippen LogP contribution in [0, 0.1) is 0 Å². The van der Waals surface area contributed by atoms with Crippen molar-refractivity contribution in [2.75, 3.05) is 0 Å². The third-order valence-electron chi connectivity index (χ3n) is 4.20. The molecule has 1 nitrogen and oxygen atoms in total. The van der Waals surface area contributed by atoms with Crippen LogP contribution in [0.3, 0.4) is 0 Å². The van der Waals surface area contributed by atoms with Gasteiger partial charge in [0.1, 0.15) is 0 Å². The van der Waals surface area contributed by atoms with Crippen molar-refractivity contribution in [3.05, 3.63) is 102 Å². The predicted molar refractivity (Wildman–Crippen MR) is 99.1 cm³/mol. The summed E-state index contributed by atoms with van der Waals surface area (Å²) in [7, 11) is 0. The van der Waals surface area contributed by atoms with Gasteiger partial charge in [-0.1, -0.05) is 0 Å². The van der Waals surface area contributed by atoms with Crippen LogP contribution in [0.1, 0.15) is 11.1 Å². The molecule has 0 spiro atoms. The van der Waals surface area contributed by atoms with E-state index in [1.807, 2.05) is 6.07 Å². The zero-order valence-electron chi connectivity index (χ0n) is 14.4. The van der Waals surface area contributed by atoms with Crippen molar-refractivity contribution in [1.29, 1.82) is 0 Å². The van der Waals surface area contributed by atoms with Crippen LogP contribution in [0.15, 0.2) is 91.0 Å². The first-order valence-corrected chi connectivity index (χ1v) is 20.6. The number of hydrogen-bond acceptors (Lipinski definition) is 1. The Morgan fingerprint density at radius 1 is 0.583 bits per heavy atom. The van der Waals surface area contributed by atoms with E-state index in [-0.39, 0.29) is 0 Å². The van der Waals surface area contributed by atoms with Gasteiger partial charge in [-0.3, -0.25) is 0 Å². The van der Waals surface area contributed by atoms with Gasteiger partial charge in [-0.2, -0.15) is 0 Å². The molecule has 0 aliphatic carbocycles. The topological polar surface area (TPSA) is 9.23 Å². The summed E-state index contributed by atoms with van der Waals surface area (Å²) in [6.45, 7) is 0. The summed E-state index contributed by atoms with van der Waals surface area (Å²) in [5, 5.41) is 4.86. The van der Waals surface area contributed by atoms with E-state index in [0.717, 1.165) is 15.0 Å². The van der Waals surface area contributed by atoms with Crippen LogP contribution in [0.4, 0.5) is 0 Å². The molecule has 0 aliphatic heterocycles. The van der Waals surface area contributed by atoms with E-state index in [1.54, 1.807) is 0 Å². The summed E-state index contributed by atoms with van der Waals surface area (Å²) in [5.74, 6) is 1.00. The standard InChI is InChI=1S/2C7H7.C6H6O.2CH3.Ta/c2*1-7-5-3-2-4-6-7;7-6-4-2-1-3-5-6;;;/h2*2-6H,1H2;1-5,7H;2*1H3;/q;;;;;+1/p-1. The van der Waals surface area contributed by atoms with Gasteiger partial charge in [0.05, 0.1) is 0 Å². The first-order chi connectivity index (χ1) is 11.5. The normalized spacial score (nSPS) is 13.0. The van der Waals surface area contributed by atoms with E-state index >= 15 is 0 Å². The van der Waals surface area contributed by atoms with Gasteiger partial charge in [-0.15, -0.1) is 0 Å². The van der Waals surface area contributed by atoms with Crippen LogP contribution in [0.25, 0.3) is 0 Å². The molecule has 0 N–H and O–H groups in total. The second-order valence-electron chi connectivity index (χ2n) is 7.25. The second-order valence-corrected chi connectivity index (χ2v) is 28.6. The van der Waals surface area contributed by atoms with Gasteiger partial charge in [0, 0.05) is 0 Å². The van der Waals surface area contributed by atoms with Gasteiger partial charge in [0.25, 0.3) is 0 Å². The molecule has 0 bridgehead atoms. The maximum atomic E-state index is 6.81. The molecule has 3 rings (SSSR count). The second kappa shape index (κ2) is 6.98. The fourth-order valence-corrected chi connectivity index (χ4v) is 16.8. The molecular weight excluding hydrogens is 461 g/mol. The quantitative estimate of drug-likeness (QED) is 0.405. The molecule has 0 atom stereocenters. The molecule has 0 amide bonds. The zero-order chi connectivity index (χ0) is 16.9. The number of benzene rings is 3. The van der Waals surface area contributed by atoms with E-state index in [1.165, 1.54) is 11.1 Å². The van der Waals surface area contributed by atoms with Crippen molar-refractivity contribution in [1.82, 2.24) is 0 Å². The Labute approximate surface area is 146 Å². The van der Waals surface area contributed by atoms with Crippen molar-refractivity contribution < 1.29 is 19.5 Å². The summed E-state index contributed by atoms with van der Waals surface area (Å²) in [6.07, 6.45) is 0. The molecule has 0 fully saturated rings. The van der Waals surface area contributed by atoms with E-state index in [9.17, 15) is 0 Å². The molecule has 124 valence electrons. The van der Waals surface area contributed by atoms with E-state index in [4.69, 9.17) is 3.24 Å². The Bertz CT molecular complexity index is 659. The third kappa shape index (κ3) is 4.61. The molecule has 0 aromatic heterocycles. The fraction of sp³-hybridized carbons (Fsp3) is 0.182. The molecule has 3 aromatic carbocycles. The molecule has 0 saturated heterocycles. The predicted octanol–water partition coefficient (Wildman–Crippen LogP) is 6.17. The number of para-hydroxylation sites is 1. The molecule has 0 aliphatic rings. The Hall–Kier alpha value is -1.80. The molecule has 3 aromatic rings. The monoisotopic (exact) mass is 486 g/mol. The average Bonchev–Trinajstić information content (AvgIpc) is 2.56. The average molecular weight is 486 g/mol. The van der Waals surface area contributed by atoms with Gasteiger partial charge in [-0.25, -0.2) is 0 Å². The van der Waals surface area contributed by atoms with Crippen LogP contribution < -0.4 is 3.24 Å². The summed E-state index contributed by atoms with van der Waals surface area (Å²) in [5.41, 5.74) is 2.75. The molecule has 0 radical (unpaired) electrons. The SMILES string of the molecule is [CH3][Ta]([CH3])([CH2]c1ccccc1)([CH2]c1ccccc1)[O]c1ccccc1. The van der Waals surface area contributed by atoms with Crippen LogP contribution in [0.5, 0.6) is 5.75 Å². The van der Waals surface area contributed by atoms with Crippen LogP contribution in [-0.4, -0.2) is 0 Å². The number of rotatable bonds is 6. The number of hydrogen-bond donors (Lipinski definition) is 0. The maximum absolute atomic E-state index is 6.81. The van der Waals surface area contributed by atoms with Gasteiger partial charge < -0.3 is 0 Å². The van der Waals surface area contributed by atoms with Gasteiger partial charge >= 0.3 is 147 Å². The van der Waals surface area contributed by atoms with Gasteiger partial charge in [0.2, 0.25) is 0 Å². The van der Waals surface area contributed by atoms with Crippen molar-refractivity contribution >= 4 is 0 Å². The molecule has 24 heavy (non-hydrogen) atoms. The molecule has 0 saturated carbocycles. The fourth-order valence-electron chi connectivity index (χ4n) is 3.27. The summed E-state index contributed by atoms with van der Waals surface area (Å²) >= 11 is -3.56. The molecule has 0 unspecified atom stereocenters. The van der Waals surface area contributed by atoms with Crippen LogP contribution >= 0.6 is 0 Å². The van der Waals surface area contributed by atoms with E-state index in [2.05, 4.69) is 95.2 Å². The first-order valence-electron chi connectivity index (χ1n) is 8.35. The van der Waals surface area contributed by atoms with E-state index in [0.29, 0.717) is 0 Å². The van der Waals surface area contributed by atoms with Crippen molar-refractivity contribution in [3.8, 4) is 5.75 Å². The molecule has 0 heterocycles. The minimum absolute atomic E-state index is 1.00. The van der Waals surface area contributed by atoms with Gasteiger partial charge in [-0.05, 0) is 0 Å². The zero-order valence-corrected chi connectivity index (χ0v) is 17.6. The van der Waals surface area contributed by atoms with Crippen molar-refractivity contribution in [3.63, 3.8) is 0 Å². The molecular formula is C22H25OTa. The minimum atomic E-state index is -3.56. The Kier molecular flexibility index (Phi) is 4.96. The van der Waals surface area contributed by atoms with Gasteiger partial charge in [0.15, 0.2) is 0 Å². The Morgan fingerprint density at radius 2 is 0.958 bits per heavy atom. The third-order valence-corrected chi connectivity index (χ3v) is 16.9.